The highest BCUT2D eigenvalue weighted by atomic mass is 16.5. The molecule has 1 aliphatic heterocycles. The molecular weight excluding hydrogens is 406 g/mol. The molecule has 8 heteroatoms. The molecule has 1 N–H and O–H groups in total. The van der Waals surface area contributed by atoms with Crippen molar-refractivity contribution in [3.63, 3.8) is 0 Å². The summed E-state index contributed by atoms with van der Waals surface area (Å²) < 4.78 is 10.5. The number of rotatable bonds is 7. The van der Waals surface area contributed by atoms with Gasteiger partial charge < -0.3 is 19.1 Å². The molecule has 1 saturated heterocycles. The second-order valence-corrected chi connectivity index (χ2v) is 7.98. The summed E-state index contributed by atoms with van der Waals surface area (Å²) in [6, 6.07) is 15.5. The van der Waals surface area contributed by atoms with Gasteiger partial charge in [-0.1, -0.05) is 17.3 Å². The second-order valence-electron chi connectivity index (χ2n) is 7.98. The van der Waals surface area contributed by atoms with Gasteiger partial charge in [-0.05, 0) is 55.7 Å². The van der Waals surface area contributed by atoms with Gasteiger partial charge in [-0.3, -0.25) is 4.79 Å². The number of nitrogens with zero attached hydrogens (tertiary/aromatic N) is 4. The van der Waals surface area contributed by atoms with Crippen molar-refractivity contribution in [2.24, 2.45) is 0 Å². The molecule has 8 nitrogen and oxygen atoms in total. The number of benzene rings is 2. The Labute approximate surface area is 185 Å². The Morgan fingerprint density at radius 2 is 2.03 bits per heavy atom. The van der Waals surface area contributed by atoms with Crippen LogP contribution in [0.5, 0.6) is 5.75 Å². The zero-order valence-electron chi connectivity index (χ0n) is 18.0. The van der Waals surface area contributed by atoms with Crippen LogP contribution in [0.1, 0.15) is 43.4 Å². The van der Waals surface area contributed by atoms with Crippen LogP contribution in [0.4, 0.5) is 0 Å². The summed E-state index contributed by atoms with van der Waals surface area (Å²) in [6.07, 6.45) is 3.59. The van der Waals surface area contributed by atoms with Gasteiger partial charge in [-0.2, -0.15) is 4.98 Å². The molecule has 1 amide bonds. The lowest BCUT2D eigenvalue weighted by Gasteiger charge is -2.23. The van der Waals surface area contributed by atoms with E-state index in [1.54, 1.807) is 7.11 Å². The standard InChI is InChI=1S/C24H25N5O3/c1-31-17-13-11-16(12-14-17)23-27-21(32-28-23)9-4-10-22(30)29-15-5-8-20(29)24-25-18-6-2-3-7-19(18)26-24/h2-3,6-7,11-14,20H,4-5,8-10,15H2,1H3,(H,25,26). The first-order valence-electron chi connectivity index (χ1n) is 10.9. The normalized spacial score (nSPS) is 16.0. The number of aryl methyl sites for hydroxylation is 1. The van der Waals surface area contributed by atoms with Crippen molar-refractivity contribution in [1.82, 2.24) is 25.0 Å². The molecule has 0 radical (unpaired) electrons. The van der Waals surface area contributed by atoms with Crippen LogP contribution in [0.3, 0.4) is 0 Å². The van der Waals surface area contributed by atoms with Crippen LogP contribution >= 0.6 is 0 Å². The summed E-state index contributed by atoms with van der Waals surface area (Å²) in [5.74, 6) is 2.87. The fraction of sp³-hybridized carbons (Fsp3) is 0.333. The molecule has 5 rings (SSSR count). The fourth-order valence-corrected chi connectivity index (χ4v) is 4.23. The zero-order chi connectivity index (χ0) is 21.9. The van der Waals surface area contributed by atoms with Crippen LogP contribution in [0.15, 0.2) is 53.1 Å². The van der Waals surface area contributed by atoms with E-state index >= 15 is 0 Å². The van der Waals surface area contributed by atoms with E-state index in [1.807, 2.05) is 53.4 Å². The second kappa shape index (κ2) is 8.82. The largest absolute Gasteiger partial charge is 0.497 e. The van der Waals surface area contributed by atoms with Crippen molar-refractivity contribution in [2.75, 3.05) is 13.7 Å². The zero-order valence-corrected chi connectivity index (χ0v) is 18.0. The van der Waals surface area contributed by atoms with Gasteiger partial charge in [0.1, 0.15) is 11.6 Å². The molecule has 3 heterocycles. The number of nitrogens with one attached hydrogen (secondary N) is 1. The molecule has 0 spiro atoms. The van der Waals surface area contributed by atoms with E-state index in [4.69, 9.17) is 14.2 Å². The van der Waals surface area contributed by atoms with Gasteiger partial charge in [0.2, 0.25) is 17.6 Å². The molecular formula is C24H25N5O3. The minimum absolute atomic E-state index is 0.0139. The average Bonchev–Trinajstić information content (AvgIpc) is 3.58. The number of ether oxygens (including phenoxy) is 1. The predicted molar refractivity (Wildman–Crippen MR) is 119 cm³/mol. The van der Waals surface area contributed by atoms with E-state index in [-0.39, 0.29) is 11.9 Å². The van der Waals surface area contributed by atoms with E-state index in [9.17, 15) is 4.79 Å². The van der Waals surface area contributed by atoms with Crippen LogP contribution < -0.4 is 4.74 Å². The number of hydrogen-bond donors (Lipinski definition) is 1. The number of carbonyl (C=O) groups excluding carboxylic acids is 1. The van der Waals surface area contributed by atoms with E-state index in [0.29, 0.717) is 31.0 Å². The number of hydrogen-bond acceptors (Lipinski definition) is 6. The fourth-order valence-electron chi connectivity index (χ4n) is 4.23. The molecule has 1 aliphatic rings. The number of carbonyl (C=O) groups is 1. The van der Waals surface area contributed by atoms with Gasteiger partial charge in [0.05, 0.1) is 24.2 Å². The maximum absolute atomic E-state index is 12.9. The lowest BCUT2D eigenvalue weighted by molar-refractivity contribution is -0.132. The molecule has 4 aromatic rings. The Hall–Kier alpha value is -3.68. The molecule has 2 aromatic carbocycles. The number of para-hydroxylation sites is 2. The topological polar surface area (TPSA) is 97.1 Å². The van der Waals surface area contributed by atoms with Gasteiger partial charge in [0.25, 0.3) is 0 Å². The third-order valence-corrected chi connectivity index (χ3v) is 5.89. The molecule has 1 atom stereocenters. The summed E-state index contributed by atoms with van der Waals surface area (Å²) in [5.41, 5.74) is 2.80. The highest BCUT2D eigenvalue weighted by Gasteiger charge is 2.31. The van der Waals surface area contributed by atoms with E-state index < -0.39 is 0 Å². The van der Waals surface area contributed by atoms with Crippen molar-refractivity contribution in [3.8, 4) is 17.1 Å². The first kappa shape index (κ1) is 20.2. The highest BCUT2D eigenvalue weighted by molar-refractivity contribution is 5.78. The maximum atomic E-state index is 12.9. The van der Waals surface area contributed by atoms with Crippen LogP contribution in [0.25, 0.3) is 22.4 Å². The van der Waals surface area contributed by atoms with Crippen LogP contribution in [-0.2, 0) is 11.2 Å². The Morgan fingerprint density at radius 1 is 1.19 bits per heavy atom. The number of amides is 1. The summed E-state index contributed by atoms with van der Waals surface area (Å²) in [6.45, 7) is 0.767. The Bertz CT molecular complexity index is 1180. The van der Waals surface area contributed by atoms with Gasteiger partial charge in [0.15, 0.2) is 0 Å². The van der Waals surface area contributed by atoms with Crippen molar-refractivity contribution in [3.05, 3.63) is 60.2 Å². The molecule has 0 bridgehead atoms. The average molecular weight is 431 g/mol. The van der Waals surface area contributed by atoms with Crippen molar-refractivity contribution in [2.45, 2.75) is 38.1 Å². The summed E-state index contributed by atoms with van der Waals surface area (Å²) in [5, 5.41) is 4.05. The smallest absolute Gasteiger partial charge is 0.226 e. The van der Waals surface area contributed by atoms with Gasteiger partial charge in [0, 0.05) is 24.9 Å². The van der Waals surface area contributed by atoms with Gasteiger partial charge in [-0.15, -0.1) is 0 Å². The molecule has 0 aliphatic carbocycles. The van der Waals surface area contributed by atoms with Crippen molar-refractivity contribution >= 4 is 16.9 Å². The number of fused-ring (bicyclic) bond motifs is 1. The SMILES string of the molecule is COc1ccc(-c2noc(CCCC(=O)N3CCCC3c3nc4ccccc4[nH]3)n2)cc1. The van der Waals surface area contributed by atoms with Crippen molar-refractivity contribution in [1.29, 1.82) is 0 Å². The molecule has 0 saturated carbocycles. The minimum atomic E-state index is 0.0139. The highest BCUT2D eigenvalue weighted by Crippen LogP contribution is 2.32. The summed E-state index contributed by atoms with van der Waals surface area (Å²) in [4.78, 5) is 27.4. The number of aromatic amines is 1. The Kier molecular flexibility index (Phi) is 5.58. The number of methoxy groups -OCH3 is 1. The molecule has 2 aromatic heterocycles. The van der Waals surface area contributed by atoms with Gasteiger partial charge in [-0.25, -0.2) is 4.98 Å². The summed E-state index contributed by atoms with van der Waals surface area (Å²) >= 11 is 0. The number of aromatic nitrogens is 4. The quantitative estimate of drug-likeness (QED) is 0.468. The monoisotopic (exact) mass is 431 g/mol. The molecule has 1 fully saturated rings. The maximum Gasteiger partial charge on any atom is 0.226 e. The van der Waals surface area contributed by atoms with Gasteiger partial charge >= 0.3 is 0 Å². The molecule has 32 heavy (non-hydrogen) atoms. The van der Waals surface area contributed by atoms with E-state index in [0.717, 1.165) is 47.6 Å². The number of imidazole rings is 1. The summed E-state index contributed by atoms with van der Waals surface area (Å²) in [7, 11) is 1.63. The van der Waals surface area contributed by atoms with Crippen LogP contribution in [-0.4, -0.2) is 44.6 Å². The first-order valence-corrected chi connectivity index (χ1v) is 10.9. The van der Waals surface area contributed by atoms with Crippen molar-refractivity contribution < 1.29 is 14.1 Å². The minimum Gasteiger partial charge on any atom is -0.497 e. The number of likely N-dealkylation sites (tertiary alicyclic amines) is 1. The van der Waals surface area contributed by atoms with E-state index in [1.165, 1.54) is 0 Å². The third kappa shape index (κ3) is 4.08. The first-order chi connectivity index (χ1) is 15.7. The molecule has 1 unspecified atom stereocenters. The Balaban J connectivity index is 1.18. The van der Waals surface area contributed by atoms with E-state index in [2.05, 4.69) is 15.1 Å². The Morgan fingerprint density at radius 3 is 2.84 bits per heavy atom. The van der Waals surface area contributed by atoms with Crippen LogP contribution in [0.2, 0.25) is 0 Å². The lowest BCUT2D eigenvalue weighted by atomic mass is 10.1. The molecule has 164 valence electrons. The third-order valence-electron chi connectivity index (χ3n) is 5.89. The van der Waals surface area contributed by atoms with Crippen LogP contribution in [0, 0.1) is 0 Å². The lowest BCUT2D eigenvalue weighted by Crippen LogP contribution is -2.31. The number of H-pyrrole nitrogens is 1. The predicted octanol–water partition coefficient (Wildman–Crippen LogP) is 4.31.